The van der Waals surface area contributed by atoms with Crippen molar-refractivity contribution in [3.8, 4) is 103 Å². The van der Waals surface area contributed by atoms with Crippen LogP contribution in [0.3, 0.4) is 0 Å². The van der Waals surface area contributed by atoms with Crippen molar-refractivity contribution in [1.29, 1.82) is 0 Å². The van der Waals surface area contributed by atoms with Crippen LogP contribution >= 0.6 is 203 Å². The largest absolute Gasteiger partial charge is 0.497 e. The van der Waals surface area contributed by atoms with Crippen LogP contribution in [-0.2, 0) is 0 Å². The Kier molecular flexibility index (Phi) is 51.3. The molecule has 0 radical (unpaired) electrons. The molecule has 0 heterocycles. The van der Waals surface area contributed by atoms with Gasteiger partial charge in [0, 0.05) is 28.9 Å². The fourth-order valence-electron chi connectivity index (χ4n) is 7.05. The second kappa shape index (κ2) is 54.6. The summed E-state index contributed by atoms with van der Waals surface area (Å²) in [5.74, 6) is 14.9. The van der Waals surface area contributed by atoms with E-state index in [0.29, 0.717) is 0 Å². The molecule has 0 aromatic heterocycles. The molecule has 0 bridgehead atoms. The minimum atomic E-state index is 0.769. The number of para-hydroxylation sites is 2. The van der Waals surface area contributed by atoms with Gasteiger partial charge in [-0.3, -0.25) is 0 Å². The van der Waals surface area contributed by atoms with Crippen LogP contribution in [0.15, 0.2) is 164 Å². The van der Waals surface area contributed by atoms with Crippen molar-refractivity contribution in [2.45, 2.75) is 0 Å². The van der Waals surface area contributed by atoms with Crippen LogP contribution < -0.4 is 85.3 Å². The van der Waals surface area contributed by atoms with Crippen molar-refractivity contribution in [1.82, 2.24) is 0 Å². The van der Waals surface area contributed by atoms with Crippen molar-refractivity contribution in [3.63, 3.8) is 0 Å². The Morgan fingerprint density at radius 1 is 0.152 bits per heavy atom. The van der Waals surface area contributed by atoms with Crippen molar-refractivity contribution in [2.75, 3.05) is 128 Å². The van der Waals surface area contributed by atoms with Gasteiger partial charge in [0.15, 0.2) is 34.5 Å². The Morgan fingerprint density at radius 2 is 0.424 bits per heavy atom. The van der Waals surface area contributed by atoms with E-state index >= 15 is 0 Å². The average molecular weight is 2380 g/mol. The minimum absolute atomic E-state index is 0.769. The molecule has 99 heavy (non-hydrogen) atoms. The standard InChI is InChI=1S/3C8H8I2O2.3C8H9IO2.3C8H10O2/c1-11-7-3-6(10)8(12-2)4-5(7)9;1-11-7-3-5(9)6(10)4-8(7)12-2;1-11-7-4-8(12-2)6(10)3-5(7)9;1-10-6-3-4-8(11-2)7(9)5-6;1-10-6-3-4-7(9)8(5-6)11-2;1-10-7-4-3-6(9)5-8(7)11-2;1-9-7-3-5-8(10-2)6-4-7;1-9-7-4-3-5-8(6-7)10-2;1-9-7-5-3-4-6-8(7)10-2/h3*3-4H,1-2H3;3*3-5H,1-2H3;3*3-6H,1-2H3. The zero-order valence-electron chi connectivity index (χ0n) is 57.8. The Hall–Kier alpha value is -4.05. The van der Waals surface area contributed by atoms with Gasteiger partial charge in [-0.15, -0.1) is 0 Å². The van der Waals surface area contributed by atoms with Gasteiger partial charge in [0.2, 0.25) is 0 Å². The minimum Gasteiger partial charge on any atom is -0.497 e. The summed E-state index contributed by atoms with van der Waals surface area (Å²) in [5.41, 5.74) is 0. The fraction of sp³-hybridized carbons (Fsp3) is 0.250. The number of methoxy groups -OCH3 is 18. The molecule has 0 spiro atoms. The molecule has 0 saturated carbocycles. The Balaban J connectivity index is 0.000000557. The van der Waals surface area contributed by atoms with Crippen LogP contribution in [0.4, 0.5) is 0 Å². The number of rotatable bonds is 18. The predicted molar refractivity (Wildman–Crippen MR) is 470 cm³/mol. The first-order valence-electron chi connectivity index (χ1n) is 28.4. The van der Waals surface area contributed by atoms with E-state index in [4.69, 9.17) is 85.3 Å². The Bertz CT molecular complexity index is 3590. The van der Waals surface area contributed by atoms with Gasteiger partial charge in [-0.25, -0.2) is 0 Å². The van der Waals surface area contributed by atoms with Crippen LogP contribution in [-0.4, -0.2) is 128 Å². The second-order valence-electron chi connectivity index (χ2n) is 18.0. The first-order valence-corrected chi connectivity index (χ1v) is 38.1. The van der Waals surface area contributed by atoms with Gasteiger partial charge in [0.1, 0.15) is 69.0 Å². The third-order valence-corrected chi connectivity index (χ3v) is 20.8. The summed E-state index contributed by atoms with van der Waals surface area (Å²) in [6.07, 6.45) is 0. The van der Waals surface area contributed by atoms with E-state index in [1.165, 1.54) is 7.14 Å². The quantitative estimate of drug-likeness (QED) is 0.0744. The lowest BCUT2D eigenvalue weighted by molar-refractivity contribution is 0.354. The van der Waals surface area contributed by atoms with E-state index in [0.717, 1.165) is 128 Å². The van der Waals surface area contributed by atoms with Gasteiger partial charge in [0.05, 0.1) is 149 Å². The highest BCUT2D eigenvalue weighted by Gasteiger charge is 2.10. The molecule has 27 heteroatoms. The van der Waals surface area contributed by atoms with Crippen LogP contribution in [0.25, 0.3) is 0 Å². The Labute approximate surface area is 706 Å². The highest BCUT2D eigenvalue weighted by atomic mass is 127. The zero-order chi connectivity index (χ0) is 74.4. The molecule has 9 aromatic rings. The van der Waals surface area contributed by atoms with E-state index in [-0.39, 0.29) is 0 Å². The SMILES string of the molecule is COc1cc(I)c(I)cc1OC.COc1cc(I)c(OC)cc1I.COc1cc(OC)c(I)cc1I.COc1ccc(I)c(OC)c1.COc1ccc(I)cc1OC.COc1ccc(OC)c(I)c1.COc1ccc(OC)cc1.COc1cccc(OC)c1.COc1ccccc1OC. The molecule has 0 aliphatic carbocycles. The summed E-state index contributed by atoms with van der Waals surface area (Å²) in [5, 5.41) is 0. The van der Waals surface area contributed by atoms with Gasteiger partial charge in [-0.05, 0) is 331 Å². The summed E-state index contributed by atoms with van der Waals surface area (Å²) < 4.78 is 101. The Morgan fingerprint density at radius 3 is 0.788 bits per heavy atom. The van der Waals surface area contributed by atoms with Crippen molar-refractivity contribution in [3.05, 3.63) is 196 Å². The van der Waals surface area contributed by atoms with E-state index < -0.39 is 0 Å². The molecule has 0 saturated heterocycles. The van der Waals surface area contributed by atoms with E-state index in [1.807, 2.05) is 164 Å². The summed E-state index contributed by atoms with van der Waals surface area (Å²) in [7, 11) is 29.6. The normalized spacial score (nSPS) is 9.36. The third kappa shape index (κ3) is 35.3. The van der Waals surface area contributed by atoms with Gasteiger partial charge in [0.25, 0.3) is 0 Å². The molecule has 540 valence electrons. The van der Waals surface area contributed by atoms with Gasteiger partial charge in [-0.1, -0.05) is 18.2 Å². The smallest absolute Gasteiger partial charge is 0.161 e. The number of hydrogen-bond acceptors (Lipinski definition) is 18. The average Bonchev–Trinajstić information content (AvgIpc) is 0.892. The topological polar surface area (TPSA) is 166 Å². The maximum absolute atomic E-state index is 5.16. The molecule has 0 aliphatic rings. The van der Waals surface area contributed by atoms with Gasteiger partial charge in [-0.2, -0.15) is 0 Å². The molecule has 0 unspecified atom stereocenters. The molecule has 0 fully saturated rings. The van der Waals surface area contributed by atoms with Crippen LogP contribution in [0.5, 0.6) is 103 Å². The van der Waals surface area contributed by atoms with E-state index in [1.54, 1.807) is 128 Å². The predicted octanol–water partition coefficient (Wildman–Crippen LogP) is 20.8. The molecular weight excluding hydrogens is 2290 g/mol. The maximum Gasteiger partial charge on any atom is 0.161 e. The summed E-state index contributed by atoms with van der Waals surface area (Å²) >= 11 is 20.1. The van der Waals surface area contributed by atoms with Crippen molar-refractivity contribution < 1.29 is 85.3 Å². The molecule has 18 nitrogen and oxygen atoms in total. The van der Waals surface area contributed by atoms with Crippen LogP contribution in [0.2, 0.25) is 0 Å². The summed E-state index contributed by atoms with van der Waals surface area (Å²) in [4.78, 5) is 0. The molecular formula is C72H81I9O18. The lowest BCUT2D eigenvalue weighted by Gasteiger charge is -2.08. The molecule has 9 aromatic carbocycles. The highest BCUT2D eigenvalue weighted by molar-refractivity contribution is 14.1. The number of halogens is 9. The number of hydrogen-bond donors (Lipinski definition) is 0. The number of ether oxygens (including phenoxy) is 18. The van der Waals surface area contributed by atoms with E-state index in [2.05, 4.69) is 203 Å². The second-order valence-corrected chi connectivity index (χ2v) is 28.5. The summed E-state index contributed by atoms with van der Waals surface area (Å²) in [6.45, 7) is 0. The fourth-order valence-corrected chi connectivity index (χ4v) is 12.9. The van der Waals surface area contributed by atoms with Crippen molar-refractivity contribution in [2.24, 2.45) is 0 Å². The first kappa shape index (κ1) is 93.0. The lowest BCUT2D eigenvalue weighted by atomic mass is 10.3. The van der Waals surface area contributed by atoms with Crippen LogP contribution in [0, 0.1) is 32.1 Å². The molecule has 9 rings (SSSR count). The third-order valence-electron chi connectivity index (χ3n) is 12.2. The van der Waals surface area contributed by atoms with Crippen molar-refractivity contribution >= 4 is 203 Å². The molecule has 0 aliphatic heterocycles. The van der Waals surface area contributed by atoms with Gasteiger partial charge < -0.3 is 85.3 Å². The maximum atomic E-state index is 5.16. The van der Waals surface area contributed by atoms with Crippen LogP contribution in [0.1, 0.15) is 0 Å². The first-order chi connectivity index (χ1) is 47.5. The molecule has 0 atom stereocenters. The lowest BCUT2D eigenvalue weighted by Crippen LogP contribution is -1.92. The summed E-state index contributed by atoms with van der Waals surface area (Å²) in [6, 6.07) is 51.4. The van der Waals surface area contributed by atoms with E-state index in [9.17, 15) is 0 Å². The molecule has 0 N–H and O–H groups in total. The monoisotopic (exact) mass is 2380 g/mol. The molecule has 0 amide bonds. The zero-order valence-corrected chi connectivity index (χ0v) is 77.3. The van der Waals surface area contributed by atoms with Gasteiger partial charge >= 0.3 is 0 Å². The highest BCUT2D eigenvalue weighted by Crippen LogP contribution is 2.35. The number of benzene rings is 9.